The Morgan fingerprint density at radius 2 is 1.60 bits per heavy atom. The second-order valence-corrected chi connectivity index (χ2v) is 14.1. The summed E-state index contributed by atoms with van der Waals surface area (Å²) in [6.45, 7) is 4.30. The van der Waals surface area contributed by atoms with Crippen LogP contribution in [0.15, 0.2) is 48.5 Å². The molecule has 0 aromatic heterocycles. The maximum atomic E-state index is 13.5. The number of ketones is 2. The van der Waals surface area contributed by atoms with Gasteiger partial charge in [-0.3, -0.25) is 14.4 Å². The number of nitrogens with one attached hydrogen (secondary N) is 1. The fraction of sp³-hybridized carbons (Fsp3) is 0.556. The van der Waals surface area contributed by atoms with Crippen molar-refractivity contribution < 1.29 is 28.7 Å². The lowest BCUT2D eigenvalue weighted by atomic mass is 9.45. The van der Waals surface area contributed by atoms with Gasteiger partial charge in [-0.25, -0.2) is 4.79 Å². The van der Waals surface area contributed by atoms with Crippen molar-refractivity contribution in [3.8, 4) is 11.1 Å². The summed E-state index contributed by atoms with van der Waals surface area (Å²) in [5.74, 6) is 1.01. The summed E-state index contributed by atoms with van der Waals surface area (Å²) in [6, 6.07) is 16.3. The van der Waals surface area contributed by atoms with E-state index in [-0.39, 0.29) is 47.7 Å². The standard InChI is InChI=1S/C36H41NO6/c1-35-15-13-21(17-30(35)31(38)18-26-28-11-12-32(39)36(28,2)16-14-29(26)35)43-33(40)19-37-34(41)42-20-27-24-9-5-3-7-22(24)23-8-4-6-10-25(23)27/h3-10,21,26-30H,11-20H2,1-2H3,(H,37,41)/t21-,26-,28-,29-,30?,35+,36-/m0/s1. The van der Waals surface area contributed by atoms with Crippen LogP contribution < -0.4 is 5.32 Å². The van der Waals surface area contributed by atoms with E-state index in [0.717, 1.165) is 47.9 Å². The van der Waals surface area contributed by atoms with Crippen LogP contribution in [-0.2, 0) is 23.9 Å². The van der Waals surface area contributed by atoms with E-state index in [4.69, 9.17) is 9.47 Å². The Balaban J connectivity index is 0.917. The lowest BCUT2D eigenvalue weighted by Crippen LogP contribution is -2.57. The molecule has 5 aliphatic rings. The first kappa shape index (κ1) is 28.3. The summed E-state index contributed by atoms with van der Waals surface area (Å²) in [6.07, 6.45) is 5.13. The van der Waals surface area contributed by atoms with Crippen LogP contribution in [0.2, 0.25) is 0 Å². The summed E-state index contributed by atoms with van der Waals surface area (Å²) >= 11 is 0. The molecule has 7 atom stereocenters. The average Bonchev–Trinajstić information content (AvgIpc) is 3.49. The Morgan fingerprint density at radius 1 is 0.907 bits per heavy atom. The van der Waals surface area contributed by atoms with Gasteiger partial charge in [-0.15, -0.1) is 0 Å². The molecule has 4 fully saturated rings. The van der Waals surface area contributed by atoms with Crippen molar-refractivity contribution in [1.29, 1.82) is 0 Å². The number of hydrogen-bond donors (Lipinski definition) is 1. The largest absolute Gasteiger partial charge is 0.461 e. The van der Waals surface area contributed by atoms with Crippen molar-refractivity contribution in [3.63, 3.8) is 0 Å². The van der Waals surface area contributed by atoms with Crippen molar-refractivity contribution in [3.05, 3.63) is 59.7 Å². The lowest BCUT2D eigenvalue weighted by Gasteiger charge is -2.59. The van der Waals surface area contributed by atoms with E-state index in [1.165, 1.54) is 0 Å². The minimum atomic E-state index is -0.654. The molecule has 0 radical (unpaired) electrons. The van der Waals surface area contributed by atoms with E-state index >= 15 is 0 Å². The number of Topliss-reactive ketones (excluding diaryl/α,β-unsaturated/α-hetero) is 2. The normalized spacial score (nSPS) is 34.3. The van der Waals surface area contributed by atoms with Crippen molar-refractivity contribution >= 4 is 23.6 Å². The van der Waals surface area contributed by atoms with Gasteiger partial charge in [0, 0.05) is 30.1 Å². The van der Waals surface area contributed by atoms with Crippen LogP contribution in [0.25, 0.3) is 11.1 Å². The van der Waals surface area contributed by atoms with Crippen LogP contribution in [0.1, 0.15) is 82.3 Å². The zero-order chi connectivity index (χ0) is 29.9. The Kier molecular flexibility index (Phi) is 6.98. The average molecular weight is 584 g/mol. The molecular weight excluding hydrogens is 542 g/mol. The molecule has 7 heteroatoms. The quantitative estimate of drug-likeness (QED) is 0.419. The number of carbonyl (C=O) groups excluding carboxylic acids is 4. The molecule has 7 rings (SSSR count). The van der Waals surface area contributed by atoms with Crippen molar-refractivity contribution in [2.45, 2.75) is 77.2 Å². The zero-order valence-corrected chi connectivity index (χ0v) is 25.1. The fourth-order valence-corrected chi connectivity index (χ4v) is 9.90. The highest BCUT2D eigenvalue weighted by Crippen LogP contribution is 2.64. The summed E-state index contributed by atoms with van der Waals surface area (Å²) in [5.41, 5.74) is 4.20. The maximum absolute atomic E-state index is 13.5. The third-order valence-electron chi connectivity index (χ3n) is 12.1. The molecule has 2 aromatic carbocycles. The molecule has 2 aromatic rings. The first-order valence-corrected chi connectivity index (χ1v) is 16.0. The molecule has 5 aliphatic carbocycles. The molecule has 4 saturated carbocycles. The number of hydrogen-bond acceptors (Lipinski definition) is 6. The fourth-order valence-electron chi connectivity index (χ4n) is 9.90. The maximum Gasteiger partial charge on any atom is 0.407 e. The number of ether oxygens (including phenoxy) is 2. The first-order valence-electron chi connectivity index (χ1n) is 16.0. The number of alkyl carbamates (subject to hydrolysis) is 1. The van der Waals surface area contributed by atoms with Gasteiger partial charge in [-0.2, -0.15) is 0 Å². The van der Waals surface area contributed by atoms with E-state index in [0.29, 0.717) is 49.2 Å². The smallest absolute Gasteiger partial charge is 0.407 e. The summed E-state index contributed by atoms with van der Waals surface area (Å²) in [7, 11) is 0. The number of fused-ring (bicyclic) bond motifs is 8. The molecular formula is C36H41NO6. The molecule has 0 aliphatic heterocycles. The SMILES string of the molecule is C[C@]12CC[C@H](OC(=O)CNC(=O)OCC3c4ccccc4-c4ccccc43)CC1C(=O)C[C@@H]1[C@@H]2CC[C@]2(C)C(=O)CC[C@@H]12. The van der Waals surface area contributed by atoms with Crippen LogP contribution in [0.3, 0.4) is 0 Å². The number of rotatable bonds is 5. The Morgan fingerprint density at radius 3 is 2.33 bits per heavy atom. The van der Waals surface area contributed by atoms with Gasteiger partial charge in [0.05, 0.1) is 0 Å². The van der Waals surface area contributed by atoms with Crippen LogP contribution in [0.5, 0.6) is 0 Å². The molecule has 0 saturated heterocycles. The molecule has 1 unspecified atom stereocenters. The third kappa shape index (κ3) is 4.61. The second-order valence-electron chi connectivity index (χ2n) is 14.1. The zero-order valence-electron chi connectivity index (χ0n) is 25.1. The molecule has 0 spiro atoms. The van der Waals surface area contributed by atoms with Gasteiger partial charge in [-0.05, 0) is 83.9 Å². The minimum absolute atomic E-state index is 0.0543. The van der Waals surface area contributed by atoms with E-state index in [1.54, 1.807) is 0 Å². The summed E-state index contributed by atoms with van der Waals surface area (Å²) in [4.78, 5) is 51.5. The number of esters is 1. The molecule has 0 bridgehead atoms. The van der Waals surface area contributed by atoms with Crippen LogP contribution in [0.4, 0.5) is 4.79 Å². The van der Waals surface area contributed by atoms with Gasteiger partial charge < -0.3 is 14.8 Å². The number of carbonyl (C=O) groups is 4. The van der Waals surface area contributed by atoms with Crippen molar-refractivity contribution in [2.75, 3.05) is 13.2 Å². The van der Waals surface area contributed by atoms with Gasteiger partial charge in [0.25, 0.3) is 0 Å². The predicted molar refractivity (Wildman–Crippen MR) is 160 cm³/mol. The first-order chi connectivity index (χ1) is 20.7. The van der Waals surface area contributed by atoms with Crippen LogP contribution in [0, 0.1) is 34.5 Å². The molecule has 226 valence electrons. The Hall–Kier alpha value is -3.48. The molecule has 7 nitrogen and oxygen atoms in total. The highest BCUT2D eigenvalue weighted by molar-refractivity contribution is 5.88. The van der Waals surface area contributed by atoms with Crippen molar-refractivity contribution in [1.82, 2.24) is 5.32 Å². The lowest BCUT2D eigenvalue weighted by molar-refractivity contribution is -0.169. The van der Waals surface area contributed by atoms with Crippen LogP contribution in [-0.4, -0.2) is 42.9 Å². The Labute approximate surface area is 253 Å². The van der Waals surface area contributed by atoms with E-state index in [1.807, 2.05) is 24.3 Å². The molecule has 1 amide bonds. The predicted octanol–water partition coefficient (Wildman–Crippen LogP) is 6.23. The molecule has 1 N–H and O–H groups in total. The van der Waals surface area contributed by atoms with E-state index in [9.17, 15) is 19.2 Å². The Bertz CT molecular complexity index is 1440. The molecule has 0 heterocycles. The minimum Gasteiger partial charge on any atom is -0.461 e. The van der Waals surface area contributed by atoms with Gasteiger partial charge >= 0.3 is 12.1 Å². The summed E-state index contributed by atoms with van der Waals surface area (Å²) in [5, 5.41) is 2.55. The highest BCUT2D eigenvalue weighted by atomic mass is 16.6. The van der Waals surface area contributed by atoms with Crippen LogP contribution >= 0.6 is 0 Å². The molecule has 43 heavy (non-hydrogen) atoms. The third-order valence-corrected chi connectivity index (χ3v) is 12.1. The van der Waals surface area contributed by atoms with E-state index < -0.39 is 12.1 Å². The van der Waals surface area contributed by atoms with Gasteiger partial charge in [0.1, 0.15) is 30.8 Å². The number of amides is 1. The van der Waals surface area contributed by atoms with Gasteiger partial charge in [0.2, 0.25) is 0 Å². The number of benzene rings is 2. The van der Waals surface area contributed by atoms with Crippen molar-refractivity contribution in [2.24, 2.45) is 34.5 Å². The topological polar surface area (TPSA) is 98.8 Å². The highest BCUT2D eigenvalue weighted by Gasteiger charge is 2.62. The second kappa shape index (κ2) is 10.6. The van der Waals surface area contributed by atoms with E-state index in [2.05, 4.69) is 43.4 Å². The van der Waals surface area contributed by atoms with Gasteiger partial charge in [0.15, 0.2) is 0 Å². The van der Waals surface area contributed by atoms with Gasteiger partial charge in [-0.1, -0.05) is 62.4 Å². The monoisotopic (exact) mass is 583 g/mol. The summed E-state index contributed by atoms with van der Waals surface area (Å²) < 4.78 is 11.3.